The van der Waals surface area contributed by atoms with Gasteiger partial charge in [0, 0.05) is 16.9 Å². The second-order valence-electron chi connectivity index (χ2n) is 6.77. The van der Waals surface area contributed by atoms with Gasteiger partial charge in [-0.2, -0.15) is 0 Å². The van der Waals surface area contributed by atoms with Crippen molar-refractivity contribution in [1.29, 1.82) is 0 Å². The lowest BCUT2D eigenvalue weighted by atomic mass is 9.85. The molecule has 3 rings (SSSR count). The SMILES string of the molecule is COc1c(S)cc(C)cc1-c1nc2ccc(C(C)(C)CN)cc2[nH]1. The van der Waals surface area contributed by atoms with E-state index in [0.29, 0.717) is 6.54 Å². The minimum Gasteiger partial charge on any atom is -0.495 e. The highest BCUT2D eigenvalue weighted by Crippen LogP contribution is 2.36. The molecule has 0 saturated carbocycles. The molecule has 1 aromatic heterocycles. The average Bonchev–Trinajstić information content (AvgIpc) is 2.97. The molecular formula is C19H23N3OS. The fraction of sp³-hybridized carbons (Fsp3) is 0.316. The van der Waals surface area contributed by atoms with Crippen LogP contribution in [0.4, 0.5) is 0 Å². The van der Waals surface area contributed by atoms with E-state index in [4.69, 9.17) is 15.5 Å². The first-order chi connectivity index (χ1) is 11.4. The number of thiol groups is 1. The number of methoxy groups -OCH3 is 1. The van der Waals surface area contributed by atoms with Crippen LogP contribution in [0.15, 0.2) is 35.2 Å². The third-order valence-corrected chi connectivity index (χ3v) is 4.78. The van der Waals surface area contributed by atoms with Crippen molar-refractivity contribution in [1.82, 2.24) is 9.97 Å². The zero-order chi connectivity index (χ0) is 17.5. The van der Waals surface area contributed by atoms with Crippen molar-refractivity contribution in [2.24, 2.45) is 5.73 Å². The van der Waals surface area contributed by atoms with E-state index in [1.54, 1.807) is 7.11 Å². The smallest absolute Gasteiger partial charge is 0.143 e. The molecule has 3 aromatic rings. The number of imidazole rings is 1. The number of benzene rings is 2. The van der Waals surface area contributed by atoms with E-state index in [1.165, 1.54) is 5.56 Å². The summed E-state index contributed by atoms with van der Waals surface area (Å²) in [4.78, 5) is 8.94. The van der Waals surface area contributed by atoms with Crippen LogP contribution >= 0.6 is 12.6 Å². The Labute approximate surface area is 147 Å². The minimum absolute atomic E-state index is 0.0707. The molecule has 0 radical (unpaired) electrons. The fourth-order valence-corrected chi connectivity index (χ4v) is 3.24. The number of aryl methyl sites for hydroxylation is 1. The molecule has 0 bridgehead atoms. The van der Waals surface area contributed by atoms with E-state index in [0.717, 1.165) is 38.6 Å². The Balaban J connectivity index is 2.16. The lowest BCUT2D eigenvalue weighted by molar-refractivity contribution is 0.406. The maximum atomic E-state index is 5.90. The molecule has 0 spiro atoms. The van der Waals surface area contributed by atoms with Gasteiger partial charge in [0.2, 0.25) is 0 Å². The van der Waals surface area contributed by atoms with Gasteiger partial charge < -0.3 is 15.5 Å². The van der Waals surface area contributed by atoms with Crippen LogP contribution in [0.3, 0.4) is 0 Å². The molecule has 3 N–H and O–H groups in total. The molecule has 0 aliphatic carbocycles. The molecule has 0 unspecified atom stereocenters. The second-order valence-corrected chi connectivity index (χ2v) is 7.25. The zero-order valence-electron chi connectivity index (χ0n) is 14.5. The van der Waals surface area contributed by atoms with Crippen LogP contribution in [0.2, 0.25) is 0 Å². The number of hydrogen-bond acceptors (Lipinski definition) is 4. The lowest BCUT2D eigenvalue weighted by Gasteiger charge is -2.22. The van der Waals surface area contributed by atoms with E-state index < -0.39 is 0 Å². The third-order valence-electron chi connectivity index (χ3n) is 4.45. The molecule has 0 fully saturated rings. The van der Waals surface area contributed by atoms with Crippen LogP contribution in [0.25, 0.3) is 22.4 Å². The van der Waals surface area contributed by atoms with Gasteiger partial charge in [-0.15, -0.1) is 12.6 Å². The van der Waals surface area contributed by atoms with E-state index >= 15 is 0 Å². The standard InChI is InChI=1S/C19H23N3OS/c1-11-7-13(17(23-4)16(24)8-11)18-21-14-6-5-12(9-15(14)22-18)19(2,3)10-20/h5-9,24H,10,20H2,1-4H3,(H,21,22). The van der Waals surface area contributed by atoms with Gasteiger partial charge in [0.1, 0.15) is 11.6 Å². The third kappa shape index (κ3) is 2.89. The fourth-order valence-electron chi connectivity index (χ4n) is 2.82. The Bertz CT molecular complexity index is 899. The molecule has 0 aliphatic heterocycles. The molecule has 0 amide bonds. The van der Waals surface area contributed by atoms with Crippen LogP contribution in [0.5, 0.6) is 5.75 Å². The first-order valence-electron chi connectivity index (χ1n) is 7.94. The summed E-state index contributed by atoms with van der Waals surface area (Å²) in [5.74, 6) is 1.51. The largest absolute Gasteiger partial charge is 0.495 e. The van der Waals surface area contributed by atoms with Crippen LogP contribution in [-0.2, 0) is 5.41 Å². The normalized spacial score (nSPS) is 11.9. The Hall–Kier alpha value is -1.98. The van der Waals surface area contributed by atoms with E-state index in [9.17, 15) is 0 Å². The van der Waals surface area contributed by atoms with Crippen molar-refractivity contribution >= 4 is 23.7 Å². The number of rotatable bonds is 4. The zero-order valence-corrected chi connectivity index (χ0v) is 15.4. The number of aromatic nitrogens is 2. The summed E-state index contributed by atoms with van der Waals surface area (Å²) in [7, 11) is 1.65. The summed E-state index contributed by atoms with van der Waals surface area (Å²) < 4.78 is 5.52. The van der Waals surface area contributed by atoms with E-state index in [2.05, 4.69) is 49.7 Å². The van der Waals surface area contributed by atoms with Crippen molar-refractivity contribution < 1.29 is 4.74 Å². The Morgan fingerprint density at radius 1 is 1.25 bits per heavy atom. The average molecular weight is 341 g/mol. The summed E-state index contributed by atoms with van der Waals surface area (Å²) in [6.07, 6.45) is 0. The van der Waals surface area contributed by atoms with Gasteiger partial charge in [-0.3, -0.25) is 0 Å². The van der Waals surface area contributed by atoms with Crippen molar-refractivity contribution in [3.8, 4) is 17.1 Å². The molecule has 0 saturated heterocycles. The molecule has 5 heteroatoms. The number of aromatic amines is 1. The molecule has 24 heavy (non-hydrogen) atoms. The molecular weight excluding hydrogens is 318 g/mol. The number of H-pyrrole nitrogens is 1. The van der Waals surface area contributed by atoms with Crippen molar-refractivity contribution in [3.05, 3.63) is 41.5 Å². The first-order valence-corrected chi connectivity index (χ1v) is 8.38. The molecule has 4 nitrogen and oxygen atoms in total. The van der Waals surface area contributed by atoms with Gasteiger partial charge in [-0.1, -0.05) is 19.9 Å². The Kier molecular flexibility index (Phi) is 4.32. The second kappa shape index (κ2) is 6.15. The number of fused-ring (bicyclic) bond motifs is 1. The molecule has 2 aromatic carbocycles. The minimum atomic E-state index is -0.0707. The van der Waals surface area contributed by atoms with E-state index in [1.807, 2.05) is 19.1 Å². The Morgan fingerprint density at radius 3 is 2.67 bits per heavy atom. The monoisotopic (exact) mass is 341 g/mol. The van der Waals surface area contributed by atoms with Crippen LogP contribution < -0.4 is 10.5 Å². The van der Waals surface area contributed by atoms with Gasteiger partial charge >= 0.3 is 0 Å². The molecule has 126 valence electrons. The number of nitrogens with two attached hydrogens (primary N) is 1. The maximum absolute atomic E-state index is 5.90. The topological polar surface area (TPSA) is 63.9 Å². The van der Waals surface area contributed by atoms with Gasteiger partial charge in [-0.05, 0) is 42.3 Å². The quantitative estimate of drug-likeness (QED) is 0.627. The molecule has 0 atom stereocenters. The summed E-state index contributed by atoms with van der Waals surface area (Å²) in [5.41, 5.74) is 11.0. The number of nitrogens with one attached hydrogen (secondary N) is 1. The molecule has 1 heterocycles. The van der Waals surface area contributed by atoms with Crippen molar-refractivity contribution in [2.75, 3.05) is 13.7 Å². The highest BCUT2D eigenvalue weighted by molar-refractivity contribution is 7.80. The summed E-state index contributed by atoms with van der Waals surface area (Å²) in [5, 5.41) is 0. The number of ether oxygens (including phenoxy) is 1. The van der Waals surface area contributed by atoms with Crippen molar-refractivity contribution in [2.45, 2.75) is 31.1 Å². The van der Waals surface area contributed by atoms with E-state index in [-0.39, 0.29) is 5.41 Å². The highest BCUT2D eigenvalue weighted by atomic mass is 32.1. The van der Waals surface area contributed by atoms with Gasteiger partial charge in [0.15, 0.2) is 0 Å². The summed E-state index contributed by atoms with van der Waals surface area (Å²) >= 11 is 4.52. The predicted molar refractivity (Wildman–Crippen MR) is 102 cm³/mol. The van der Waals surface area contributed by atoms with Crippen LogP contribution in [0, 0.1) is 6.92 Å². The number of nitrogens with zero attached hydrogens (tertiary/aromatic N) is 1. The Morgan fingerprint density at radius 2 is 2.00 bits per heavy atom. The van der Waals surface area contributed by atoms with Gasteiger partial charge in [-0.25, -0.2) is 4.98 Å². The van der Waals surface area contributed by atoms with Crippen LogP contribution in [-0.4, -0.2) is 23.6 Å². The van der Waals surface area contributed by atoms with Crippen LogP contribution in [0.1, 0.15) is 25.0 Å². The molecule has 0 aliphatic rings. The maximum Gasteiger partial charge on any atom is 0.143 e. The predicted octanol–water partition coefficient (Wildman–Crippen LogP) is 4.07. The van der Waals surface area contributed by atoms with Crippen molar-refractivity contribution in [3.63, 3.8) is 0 Å². The number of hydrogen-bond donors (Lipinski definition) is 3. The summed E-state index contributed by atoms with van der Waals surface area (Å²) in [6, 6.07) is 10.3. The summed E-state index contributed by atoms with van der Waals surface area (Å²) in [6.45, 7) is 6.91. The highest BCUT2D eigenvalue weighted by Gasteiger charge is 2.20. The van der Waals surface area contributed by atoms with Gasteiger partial charge in [0.05, 0.1) is 23.7 Å². The first kappa shape index (κ1) is 16.9. The lowest BCUT2D eigenvalue weighted by Crippen LogP contribution is -2.27. The van der Waals surface area contributed by atoms with Gasteiger partial charge in [0.25, 0.3) is 0 Å².